The molecule has 0 rings (SSSR count). The van der Waals surface area contributed by atoms with Crippen LogP contribution >= 0.6 is 11.6 Å². The molecule has 10 heavy (non-hydrogen) atoms. The summed E-state index contributed by atoms with van der Waals surface area (Å²) in [5.41, 5.74) is 0.307. The third-order valence-electron chi connectivity index (χ3n) is 2.99. The van der Waals surface area contributed by atoms with Crippen LogP contribution in [0.1, 0.15) is 41.0 Å². The molecule has 0 bridgehead atoms. The minimum atomic E-state index is 0.275. The van der Waals surface area contributed by atoms with E-state index < -0.39 is 0 Å². The van der Waals surface area contributed by atoms with Gasteiger partial charge in [0.05, 0.1) is 0 Å². The molecule has 0 spiro atoms. The predicted molar refractivity (Wildman–Crippen MR) is 48.6 cm³/mol. The Bertz CT molecular complexity index is 86.9. The van der Waals surface area contributed by atoms with E-state index in [1.165, 1.54) is 0 Å². The lowest BCUT2D eigenvalue weighted by molar-refractivity contribution is 0.205. The lowest BCUT2D eigenvalue weighted by Crippen LogP contribution is -2.30. The maximum Gasteiger partial charge on any atom is 0.0363 e. The topological polar surface area (TPSA) is 0 Å². The Labute approximate surface area is 70.0 Å². The first-order chi connectivity index (χ1) is 4.45. The minimum Gasteiger partial charge on any atom is -0.123 e. The highest BCUT2D eigenvalue weighted by Gasteiger charge is 2.30. The van der Waals surface area contributed by atoms with Crippen LogP contribution in [0, 0.1) is 11.3 Å². The average molecular weight is 163 g/mol. The van der Waals surface area contributed by atoms with E-state index in [2.05, 4.69) is 34.6 Å². The zero-order chi connectivity index (χ0) is 8.36. The standard InChI is InChI=1S/C9H19Cl/c1-6-9(5,7(2)3)8(4)10/h7-8H,6H2,1-5H3. The second-order valence-corrected chi connectivity index (χ2v) is 4.28. The van der Waals surface area contributed by atoms with E-state index in [-0.39, 0.29) is 5.38 Å². The lowest BCUT2D eigenvalue weighted by atomic mass is 9.74. The normalized spacial score (nSPS) is 20.7. The summed E-state index contributed by atoms with van der Waals surface area (Å²) in [6.45, 7) is 11.0. The first-order valence-electron chi connectivity index (χ1n) is 4.09. The van der Waals surface area contributed by atoms with Crippen LogP contribution in [0.2, 0.25) is 0 Å². The van der Waals surface area contributed by atoms with E-state index in [0.29, 0.717) is 11.3 Å². The molecule has 0 radical (unpaired) electrons. The molecule has 0 heterocycles. The van der Waals surface area contributed by atoms with E-state index >= 15 is 0 Å². The van der Waals surface area contributed by atoms with Gasteiger partial charge in [0.2, 0.25) is 0 Å². The number of halogens is 1. The Morgan fingerprint density at radius 3 is 1.70 bits per heavy atom. The summed E-state index contributed by atoms with van der Waals surface area (Å²) in [5, 5.41) is 0.275. The van der Waals surface area contributed by atoms with E-state index in [4.69, 9.17) is 11.6 Å². The quantitative estimate of drug-likeness (QED) is 0.556. The van der Waals surface area contributed by atoms with Crippen LogP contribution in [0.25, 0.3) is 0 Å². The molecular formula is C9H19Cl. The van der Waals surface area contributed by atoms with Crippen molar-refractivity contribution in [3.05, 3.63) is 0 Å². The van der Waals surface area contributed by atoms with E-state index in [9.17, 15) is 0 Å². The molecule has 0 saturated carbocycles. The highest BCUT2D eigenvalue weighted by atomic mass is 35.5. The molecular weight excluding hydrogens is 144 g/mol. The molecule has 0 aliphatic heterocycles. The summed E-state index contributed by atoms with van der Waals surface area (Å²) in [4.78, 5) is 0. The molecule has 1 heteroatoms. The molecule has 0 aromatic carbocycles. The van der Waals surface area contributed by atoms with Crippen molar-refractivity contribution in [3.8, 4) is 0 Å². The Morgan fingerprint density at radius 1 is 1.30 bits per heavy atom. The zero-order valence-electron chi connectivity index (χ0n) is 7.74. The van der Waals surface area contributed by atoms with Gasteiger partial charge in [0.1, 0.15) is 0 Å². The van der Waals surface area contributed by atoms with E-state index in [1.807, 2.05) is 0 Å². The van der Waals surface area contributed by atoms with Gasteiger partial charge in [0.25, 0.3) is 0 Å². The molecule has 2 unspecified atom stereocenters. The van der Waals surface area contributed by atoms with Crippen LogP contribution < -0.4 is 0 Å². The summed E-state index contributed by atoms with van der Waals surface area (Å²) in [6.07, 6.45) is 1.16. The predicted octanol–water partition coefficient (Wildman–Crippen LogP) is 3.69. The average Bonchev–Trinajstić information content (AvgIpc) is 1.85. The van der Waals surface area contributed by atoms with Crippen LogP contribution in [0.4, 0.5) is 0 Å². The number of hydrogen-bond acceptors (Lipinski definition) is 0. The second-order valence-electron chi connectivity index (χ2n) is 3.63. The number of alkyl halides is 1. The third-order valence-corrected chi connectivity index (χ3v) is 3.49. The smallest absolute Gasteiger partial charge is 0.0363 e. The Kier molecular flexibility index (Phi) is 3.72. The van der Waals surface area contributed by atoms with Crippen molar-refractivity contribution in [1.82, 2.24) is 0 Å². The first kappa shape index (κ1) is 10.3. The highest BCUT2D eigenvalue weighted by molar-refractivity contribution is 6.20. The molecule has 0 aliphatic rings. The highest BCUT2D eigenvalue weighted by Crippen LogP contribution is 2.37. The molecule has 62 valence electrons. The van der Waals surface area contributed by atoms with Crippen molar-refractivity contribution in [1.29, 1.82) is 0 Å². The lowest BCUT2D eigenvalue weighted by Gasteiger charge is -2.35. The van der Waals surface area contributed by atoms with Crippen LogP contribution in [-0.2, 0) is 0 Å². The summed E-state index contributed by atoms with van der Waals surface area (Å²) in [7, 11) is 0. The van der Waals surface area contributed by atoms with Gasteiger partial charge in [0.15, 0.2) is 0 Å². The Balaban J connectivity index is 4.23. The molecule has 0 aromatic rings. The van der Waals surface area contributed by atoms with Gasteiger partial charge < -0.3 is 0 Å². The maximum absolute atomic E-state index is 6.08. The van der Waals surface area contributed by atoms with Crippen molar-refractivity contribution in [2.24, 2.45) is 11.3 Å². The maximum atomic E-state index is 6.08. The van der Waals surface area contributed by atoms with Crippen molar-refractivity contribution in [2.45, 2.75) is 46.4 Å². The molecule has 0 nitrogen and oxygen atoms in total. The van der Waals surface area contributed by atoms with Gasteiger partial charge in [-0.1, -0.05) is 27.7 Å². The van der Waals surface area contributed by atoms with Crippen molar-refractivity contribution in [3.63, 3.8) is 0 Å². The Morgan fingerprint density at radius 2 is 1.70 bits per heavy atom. The molecule has 0 fully saturated rings. The third kappa shape index (κ3) is 1.88. The fourth-order valence-corrected chi connectivity index (χ4v) is 1.56. The van der Waals surface area contributed by atoms with Crippen molar-refractivity contribution < 1.29 is 0 Å². The van der Waals surface area contributed by atoms with Gasteiger partial charge >= 0.3 is 0 Å². The van der Waals surface area contributed by atoms with Gasteiger partial charge in [-0.15, -0.1) is 11.6 Å². The fourth-order valence-electron chi connectivity index (χ4n) is 1.15. The second kappa shape index (κ2) is 3.61. The molecule has 0 aliphatic carbocycles. The molecule has 0 saturated heterocycles. The van der Waals surface area contributed by atoms with Crippen LogP contribution in [0.5, 0.6) is 0 Å². The molecule has 0 amide bonds. The van der Waals surface area contributed by atoms with Gasteiger partial charge in [-0.3, -0.25) is 0 Å². The largest absolute Gasteiger partial charge is 0.123 e. The van der Waals surface area contributed by atoms with Crippen molar-refractivity contribution >= 4 is 11.6 Å². The van der Waals surface area contributed by atoms with Crippen LogP contribution in [-0.4, -0.2) is 5.38 Å². The van der Waals surface area contributed by atoms with E-state index in [1.54, 1.807) is 0 Å². The summed E-state index contributed by atoms with van der Waals surface area (Å²) >= 11 is 6.08. The summed E-state index contributed by atoms with van der Waals surface area (Å²) < 4.78 is 0. The van der Waals surface area contributed by atoms with E-state index in [0.717, 1.165) is 6.42 Å². The Hall–Kier alpha value is 0.290. The summed E-state index contributed by atoms with van der Waals surface area (Å²) in [5.74, 6) is 0.671. The summed E-state index contributed by atoms with van der Waals surface area (Å²) in [6, 6.07) is 0. The molecule has 2 atom stereocenters. The van der Waals surface area contributed by atoms with Gasteiger partial charge in [-0.2, -0.15) is 0 Å². The van der Waals surface area contributed by atoms with Crippen LogP contribution in [0.3, 0.4) is 0 Å². The van der Waals surface area contributed by atoms with Gasteiger partial charge in [-0.05, 0) is 24.7 Å². The molecule has 0 aromatic heterocycles. The van der Waals surface area contributed by atoms with Gasteiger partial charge in [0, 0.05) is 5.38 Å². The van der Waals surface area contributed by atoms with Crippen molar-refractivity contribution in [2.75, 3.05) is 0 Å². The number of hydrogen-bond donors (Lipinski definition) is 0. The zero-order valence-corrected chi connectivity index (χ0v) is 8.50. The number of rotatable bonds is 3. The molecule has 0 N–H and O–H groups in total. The minimum absolute atomic E-state index is 0.275. The first-order valence-corrected chi connectivity index (χ1v) is 4.52. The van der Waals surface area contributed by atoms with Gasteiger partial charge in [-0.25, -0.2) is 0 Å². The monoisotopic (exact) mass is 162 g/mol. The SMILES string of the molecule is CCC(C)(C(C)C)C(C)Cl. The van der Waals surface area contributed by atoms with Crippen LogP contribution in [0.15, 0.2) is 0 Å². The fraction of sp³-hybridized carbons (Fsp3) is 1.00.